The minimum atomic E-state index is -0.353. The van der Waals surface area contributed by atoms with E-state index in [-0.39, 0.29) is 18.1 Å². The fourth-order valence-corrected chi connectivity index (χ4v) is 4.09. The second-order valence-corrected chi connectivity index (χ2v) is 8.25. The third-order valence-corrected chi connectivity index (χ3v) is 5.95. The van der Waals surface area contributed by atoms with E-state index in [1.165, 1.54) is 0 Å². The van der Waals surface area contributed by atoms with E-state index in [1.807, 2.05) is 67.6 Å². The van der Waals surface area contributed by atoms with E-state index in [4.69, 9.17) is 9.47 Å². The van der Waals surface area contributed by atoms with Crippen molar-refractivity contribution >= 4 is 22.8 Å². The molecule has 4 rings (SSSR count). The normalized spacial score (nSPS) is 10.8. The van der Waals surface area contributed by atoms with Crippen LogP contribution in [0.2, 0.25) is 0 Å². The van der Waals surface area contributed by atoms with Crippen LogP contribution >= 0.6 is 0 Å². The molecule has 0 atom stereocenters. The van der Waals surface area contributed by atoms with E-state index in [9.17, 15) is 9.59 Å². The van der Waals surface area contributed by atoms with Crippen LogP contribution in [0.25, 0.3) is 11.0 Å². The second-order valence-electron chi connectivity index (χ2n) is 8.25. The zero-order chi connectivity index (χ0) is 25.5. The zero-order valence-corrected chi connectivity index (χ0v) is 20.7. The third kappa shape index (κ3) is 5.49. The molecule has 1 N–H and O–H groups in total. The Labute approximate surface area is 210 Å². The summed E-state index contributed by atoms with van der Waals surface area (Å²) in [6, 6.07) is 22.1. The zero-order valence-electron chi connectivity index (χ0n) is 20.7. The fraction of sp³-hybridized carbons (Fsp3) is 0.250. The fourth-order valence-electron chi connectivity index (χ4n) is 4.09. The lowest BCUT2D eigenvalue weighted by molar-refractivity contribution is 0.208. The number of fused-ring (bicyclic) bond motifs is 1. The first-order valence-corrected chi connectivity index (χ1v) is 11.9. The Kier molecular flexibility index (Phi) is 7.85. The summed E-state index contributed by atoms with van der Waals surface area (Å²) in [6.45, 7) is 2.76. The summed E-state index contributed by atoms with van der Waals surface area (Å²) in [5, 5.41) is 2.95. The number of anilines is 1. The largest absolute Gasteiger partial charge is 0.496 e. The van der Waals surface area contributed by atoms with Gasteiger partial charge in [0.05, 0.1) is 37.0 Å². The van der Waals surface area contributed by atoms with Crippen molar-refractivity contribution in [3.63, 3.8) is 0 Å². The van der Waals surface area contributed by atoms with Crippen LogP contribution in [-0.2, 0) is 20.0 Å². The number of para-hydroxylation sites is 5. The van der Waals surface area contributed by atoms with Crippen molar-refractivity contribution in [2.75, 3.05) is 25.6 Å². The lowest BCUT2D eigenvalue weighted by Crippen LogP contribution is -2.39. The van der Waals surface area contributed by atoms with Crippen LogP contribution in [0.4, 0.5) is 10.5 Å². The molecule has 0 saturated heterocycles. The van der Waals surface area contributed by atoms with Crippen molar-refractivity contribution in [3.8, 4) is 11.5 Å². The van der Waals surface area contributed by atoms with Gasteiger partial charge in [0.15, 0.2) is 0 Å². The first-order valence-electron chi connectivity index (χ1n) is 11.9. The molecule has 0 saturated carbocycles. The van der Waals surface area contributed by atoms with Crippen molar-refractivity contribution in [1.29, 1.82) is 0 Å². The number of hydrogen-bond acceptors (Lipinski definition) is 5. The van der Waals surface area contributed by atoms with Gasteiger partial charge in [0, 0.05) is 13.6 Å². The average Bonchev–Trinajstić information content (AvgIpc) is 2.90. The van der Waals surface area contributed by atoms with Gasteiger partial charge in [-0.05, 0) is 49.2 Å². The number of benzene rings is 3. The molecule has 0 aliphatic heterocycles. The van der Waals surface area contributed by atoms with Crippen LogP contribution in [0.15, 0.2) is 77.6 Å². The van der Waals surface area contributed by atoms with E-state index in [0.717, 1.165) is 16.8 Å². The molecule has 186 valence electrons. The molecule has 1 aromatic heterocycles. The molecule has 8 heteroatoms. The maximum Gasteiger partial charge on any atom is 0.322 e. The Balaban J connectivity index is 1.65. The topological polar surface area (TPSA) is 85.7 Å². The van der Waals surface area contributed by atoms with Gasteiger partial charge in [0.2, 0.25) is 0 Å². The van der Waals surface area contributed by atoms with Crippen LogP contribution in [0, 0.1) is 0 Å². The van der Waals surface area contributed by atoms with Gasteiger partial charge in [-0.3, -0.25) is 4.79 Å². The summed E-state index contributed by atoms with van der Waals surface area (Å²) in [4.78, 5) is 32.8. The number of hydrogen-bond donors (Lipinski definition) is 1. The van der Waals surface area contributed by atoms with Gasteiger partial charge >= 0.3 is 6.03 Å². The third-order valence-electron chi connectivity index (χ3n) is 5.95. The van der Waals surface area contributed by atoms with Gasteiger partial charge in [-0.25, -0.2) is 9.78 Å². The molecule has 8 nitrogen and oxygen atoms in total. The standard InChI is InChI=1S/C28H30N4O4/c1-4-36-26-16-10-7-13-22(26)30-28(34)32(18-17-20-11-5-9-15-25(20)35-3)19-23-27(33)31(2)24-14-8-6-12-21(24)29-23/h5-16H,4,17-19H2,1-3H3,(H,30,34). The number of nitrogens with zero attached hydrogens (tertiary/aromatic N) is 3. The van der Waals surface area contributed by atoms with Crippen LogP contribution in [-0.4, -0.2) is 40.7 Å². The molecular formula is C28H30N4O4. The molecule has 36 heavy (non-hydrogen) atoms. The minimum Gasteiger partial charge on any atom is -0.496 e. The van der Waals surface area contributed by atoms with E-state index in [2.05, 4.69) is 10.3 Å². The molecule has 3 aromatic carbocycles. The van der Waals surface area contributed by atoms with Crippen LogP contribution in [0.1, 0.15) is 18.2 Å². The van der Waals surface area contributed by atoms with Crippen molar-refractivity contribution < 1.29 is 14.3 Å². The summed E-state index contributed by atoms with van der Waals surface area (Å²) in [7, 11) is 3.34. The van der Waals surface area contributed by atoms with Gasteiger partial charge in [-0.1, -0.05) is 42.5 Å². The molecule has 4 aromatic rings. The molecule has 1 heterocycles. The smallest absolute Gasteiger partial charge is 0.322 e. The van der Waals surface area contributed by atoms with Crippen LogP contribution in [0.5, 0.6) is 11.5 Å². The Hall–Kier alpha value is -4.33. The maximum absolute atomic E-state index is 13.5. The molecule has 0 aliphatic rings. The number of ether oxygens (including phenoxy) is 2. The number of urea groups is 1. The van der Waals surface area contributed by atoms with E-state index >= 15 is 0 Å². The predicted molar refractivity (Wildman–Crippen MR) is 141 cm³/mol. The van der Waals surface area contributed by atoms with Gasteiger partial charge in [0.25, 0.3) is 5.56 Å². The number of aromatic nitrogens is 2. The van der Waals surface area contributed by atoms with Gasteiger partial charge < -0.3 is 24.3 Å². The summed E-state index contributed by atoms with van der Waals surface area (Å²) in [5.41, 5.74) is 3.02. The molecule has 0 spiro atoms. The number of amides is 2. The first kappa shape index (κ1) is 24.8. The number of aryl methyl sites for hydroxylation is 1. The molecule has 0 unspecified atom stereocenters. The highest BCUT2D eigenvalue weighted by Gasteiger charge is 2.20. The van der Waals surface area contributed by atoms with E-state index in [1.54, 1.807) is 35.8 Å². The van der Waals surface area contributed by atoms with E-state index < -0.39 is 0 Å². The second kappa shape index (κ2) is 11.4. The average molecular weight is 487 g/mol. The molecule has 0 fully saturated rings. The number of nitrogens with one attached hydrogen (secondary N) is 1. The Bertz CT molecular complexity index is 1420. The summed E-state index contributed by atoms with van der Waals surface area (Å²) in [5.74, 6) is 1.33. The molecule has 2 amide bonds. The molecule has 0 radical (unpaired) electrons. The number of methoxy groups -OCH3 is 1. The number of carbonyl (C=O) groups excluding carboxylic acids is 1. The highest BCUT2D eigenvalue weighted by atomic mass is 16.5. The van der Waals surface area contributed by atoms with Crippen molar-refractivity contribution in [2.45, 2.75) is 19.9 Å². The molecule has 0 aliphatic carbocycles. The van der Waals surface area contributed by atoms with Crippen LogP contribution in [0.3, 0.4) is 0 Å². The maximum atomic E-state index is 13.5. The Morgan fingerprint density at radius 2 is 1.69 bits per heavy atom. The summed E-state index contributed by atoms with van der Waals surface area (Å²) < 4.78 is 12.7. The van der Waals surface area contributed by atoms with Crippen molar-refractivity contribution in [1.82, 2.24) is 14.5 Å². The minimum absolute atomic E-state index is 0.0509. The lowest BCUT2D eigenvalue weighted by atomic mass is 10.1. The SMILES string of the molecule is CCOc1ccccc1NC(=O)N(CCc1ccccc1OC)Cc1nc2ccccc2n(C)c1=O. The van der Waals surface area contributed by atoms with Crippen molar-refractivity contribution in [3.05, 3.63) is 94.4 Å². The monoisotopic (exact) mass is 486 g/mol. The predicted octanol–water partition coefficient (Wildman–Crippen LogP) is 4.62. The van der Waals surface area contributed by atoms with E-state index in [0.29, 0.717) is 42.2 Å². The summed E-state index contributed by atoms with van der Waals surface area (Å²) in [6.07, 6.45) is 0.540. The Morgan fingerprint density at radius 3 is 2.47 bits per heavy atom. The Morgan fingerprint density at radius 1 is 1.00 bits per heavy atom. The van der Waals surface area contributed by atoms with Gasteiger partial charge in [0.1, 0.15) is 17.2 Å². The number of carbonyl (C=O) groups is 1. The highest BCUT2D eigenvalue weighted by molar-refractivity contribution is 5.91. The highest BCUT2D eigenvalue weighted by Crippen LogP contribution is 2.25. The lowest BCUT2D eigenvalue weighted by Gasteiger charge is -2.24. The van der Waals surface area contributed by atoms with Gasteiger partial charge in [-0.2, -0.15) is 0 Å². The number of rotatable bonds is 9. The van der Waals surface area contributed by atoms with Gasteiger partial charge in [-0.15, -0.1) is 0 Å². The van der Waals surface area contributed by atoms with Crippen molar-refractivity contribution in [2.24, 2.45) is 7.05 Å². The molecular weight excluding hydrogens is 456 g/mol. The van der Waals surface area contributed by atoms with Crippen LogP contribution < -0.4 is 20.3 Å². The first-order chi connectivity index (χ1) is 17.5. The molecule has 0 bridgehead atoms. The quantitative estimate of drug-likeness (QED) is 0.373. The summed E-state index contributed by atoms with van der Waals surface area (Å²) >= 11 is 0.